The molecule has 0 aliphatic rings. The summed E-state index contributed by atoms with van der Waals surface area (Å²) in [5.74, 6) is -3.84. The molecule has 148 valence electrons. The standard InChI is InChI=1S/C19H18BrF3N4O/c1-9(12-5-4-6-14(17(12)21)19(22,23)10(2)28)25-18-13-7-16(20)24-8-15(13)26-11(3)27-18/h4-10,28H,1-3H3,(H,25,26,27)/t9-,10-/m1/s1. The molecule has 3 rings (SSSR count). The second-order valence-electron chi connectivity index (χ2n) is 6.52. The second-order valence-corrected chi connectivity index (χ2v) is 7.33. The van der Waals surface area contributed by atoms with E-state index in [2.05, 4.69) is 36.2 Å². The van der Waals surface area contributed by atoms with Crippen molar-refractivity contribution in [3.05, 3.63) is 57.8 Å². The van der Waals surface area contributed by atoms with Crippen LogP contribution in [-0.4, -0.2) is 26.2 Å². The minimum Gasteiger partial charge on any atom is -0.387 e. The maximum atomic E-state index is 14.9. The maximum Gasteiger partial charge on any atom is 0.301 e. The van der Waals surface area contributed by atoms with Crippen LogP contribution in [0.4, 0.5) is 19.0 Å². The number of nitrogens with one attached hydrogen (secondary N) is 1. The number of rotatable bonds is 5. The van der Waals surface area contributed by atoms with Crippen molar-refractivity contribution < 1.29 is 18.3 Å². The number of halogens is 4. The molecule has 0 saturated heterocycles. The van der Waals surface area contributed by atoms with Gasteiger partial charge in [0.05, 0.1) is 23.3 Å². The number of hydrogen-bond donors (Lipinski definition) is 2. The van der Waals surface area contributed by atoms with Crippen LogP contribution in [0.15, 0.2) is 35.1 Å². The van der Waals surface area contributed by atoms with Crippen LogP contribution in [0.3, 0.4) is 0 Å². The summed E-state index contributed by atoms with van der Waals surface area (Å²) in [6.45, 7) is 4.28. The Morgan fingerprint density at radius 3 is 2.61 bits per heavy atom. The topological polar surface area (TPSA) is 70.9 Å². The molecule has 28 heavy (non-hydrogen) atoms. The summed E-state index contributed by atoms with van der Waals surface area (Å²) in [6, 6.07) is 4.78. The summed E-state index contributed by atoms with van der Waals surface area (Å²) < 4.78 is 43.8. The highest BCUT2D eigenvalue weighted by atomic mass is 79.9. The third-order valence-corrected chi connectivity index (χ3v) is 4.83. The first kappa shape index (κ1) is 20.5. The molecule has 9 heteroatoms. The SMILES string of the molecule is Cc1nc(N[C@H](C)c2cccc(C(F)(F)[C@@H](C)O)c2F)c2cc(Br)ncc2n1. The van der Waals surface area contributed by atoms with Gasteiger partial charge in [-0.15, -0.1) is 0 Å². The molecule has 2 heterocycles. The summed E-state index contributed by atoms with van der Waals surface area (Å²) in [6.07, 6.45) is -0.437. The Labute approximate surface area is 168 Å². The molecule has 2 N–H and O–H groups in total. The lowest BCUT2D eigenvalue weighted by Gasteiger charge is -2.23. The molecule has 0 aliphatic heterocycles. The Bertz CT molecular complexity index is 1030. The van der Waals surface area contributed by atoms with Gasteiger partial charge in [-0.1, -0.05) is 12.1 Å². The number of anilines is 1. The summed E-state index contributed by atoms with van der Waals surface area (Å²) in [5, 5.41) is 13.1. The summed E-state index contributed by atoms with van der Waals surface area (Å²) >= 11 is 3.29. The molecule has 0 fully saturated rings. The van der Waals surface area contributed by atoms with E-state index in [-0.39, 0.29) is 5.56 Å². The van der Waals surface area contributed by atoms with Gasteiger partial charge in [0.2, 0.25) is 0 Å². The fourth-order valence-corrected chi connectivity index (χ4v) is 3.21. The highest BCUT2D eigenvalue weighted by Gasteiger charge is 2.40. The van der Waals surface area contributed by atoms with Crippen molar-refractivity contribution in [2.75, 3.05) is 5.32 Å². The zero-order valence-electron chi connectivity index (χ0n) is 15.3. The predicted octanol–water partition coefficient (Wildman–Crippen LogP) is 4.88. The molecule has 0 aliphatic carbocycles. The number of aromatic nitrogens is 3. The van der Waals surface area contributed by atoms with Gasteiger partial charge in [0.1, 0.15) is 28.2 Å². The molecule has 0 radical (unpaired) electrons. The number of nitrogens with zero attached hydrogens (tertiary/aromatic N) is 3. The normalized spacial score (nSPS) is 14.1. The predicted molar refractivity (Wildman–Crippen MR) is 104 cm³/mol. The molecule has 0 bridgehead atoms. The molecule has 3 aromatic rings. The lowest BCUT2D eigenvalue weighted by atomic mass is 9.97. The van der Waals surface area contributed by atoms with Gasteiger partial charge in [0.25, 0.3) is 0 Å². The van der Waals surface area contributed by atoms with E-state index in [1.165, 1.54) is 12.1 Å². The van der Waals surface area contributed by atoms with Gasteiger partial charge in [0, 0.05) is 10.9 Å². The molecule has 2 aromatic heterocycles. The number of aryl methyl sites for hydroxylation is 1. The van der Waals surface area contributed by atoms with Gasteiger partial charge in [-0.2, -0.15) is 8.78 Å². The highest BCUT2D eigenvalue weighted by Crippen LogP contribution is 2.36. The van der Waals surface area contributed by atoms with Gasteiger partial charge < -0.3 is 10.4 Å². The minimum absolute atomic E-state index is 0.0374. The fourth-order valence-electron chi connectivity index (χ4n) is 2.88. The zero-order chi connectivity index (χ0) is 20.6. The average molecular weight is 455 g/mol. The average Bonchev–Trinajstić information content (AvgIpc) is 2.62. The first-order valence-corrected chi connectivity index (χ1v) is 9.31. The number of alkyl halides is 2. The summed E-state index contributed by atoms with van der Waals surface area (Å²) in [5.41, 5.74) is -0.208. The number of hydrogen-bond acceptors (Lipinski definition) is 5. The van der Waals surface area contributed by atoms with Gasteiger partial charge >= 0.3 is 5.92 Å². The van der Waals surface area contributed by atoms with E-state index < -0.39 is 29.4 Å². The number of pyridine rings is 1. The first-order valence-electron chi connectivity index (χ1n) is 8.52. The van der Waals surface area contributed by atoms with Crippen molar-refractivity contribution in [3.8, 4) is 0 Å². The molecule has 1 aromatic carbocycles. The van der Waals surface area contributed by atoms with Crippen LogP contribution in [0.25, 0.3) is 10.9 Å². The van der Waals surface area contributed by atoms with Crippen LogP contribution in [0.2, 0.25) is 0 Å². The van der Waals surface area contributed by atoms with E-state index in [0.29, 0.717) is 27.1 Å². The Kier molecular flexibility index (Phi) is 5.58. The zero-order valence-corrected chi connectivity index (χ0v) is 16.9. The number of aliphatic hydroxyl groups excluding tert-OH is 1. The third-order valence-electron chi connectivity index (χ3n) is 4.39. The molecule has 0 unspecified atom stereocenters. The minimum atomic E-state index is -3.70. The fraction of sp³-hybridized carbons (Fsp3) is 0.316. The first-order chi connectivity index (χ1) is 13.1. The Hall–Kier alpha value is -2.26. The van der Waals surface area contributed by atoms with Crippen LogP contribution in [0, 0.1) is 12.7 Å². The number of fused-ring (bicyclic) bond motifs is 1. The largest absolute Gasteiger partial charge is 0.387 e. The van der Waals surface area contributed by atoms with Crippen molar-refractivity contribution in [1.29, 1.82) is 0 Å². The van der Waals surface area contributed by atoms with Crippen molar-refractivity contribution in [2.24, 2.45) is 0 Å². The number of benzene rings is 1. The van der Waals surface area contributed by atoms with E-state index in [1.807, 2.05) is 0 Å². The maximum absolute atomic E-state index is 14.9. The van der Waals surface area contributed by atoms with Crippen molar-refractivity contribution in [1.82, 2.24) is 15.0 Å². The van der Waals surface area contributed by atoms with Crippen LogP contribution in [-0.2, 0) is 5.92 Å². The lowest BCUT2D eigenvalue weighted by Crippen LogP contribution is -2.29. The summed E-state index contributed by atoms with van der Waals surface area (Å²) in [4.78, 5) is 12.8. The summed E-state index contributed by atoms with van der Waals surface area (Å²) in [7, 11) is 0. The van der Waals surface area contributed by atoms with Crippen LogP contribution < -0.4 is 5.32 Å². The van der Waals surface area contributed by atoms with Crippen molar-refractivity contribution >= 4 is 32.7 Å². The Morgan fingerprint density at radius 2 is 1.93 bits per heavy atom. The van der Waals surface area contributed by atoms with Crippen molar-refractivity contribution in [3.63, 3.8) is 0 Å². The monoisotopic (exact) mass is 454 g/mol. The third kappa shape index (κ3) is 3.81. The molecule has 5 nitrogen and oxygen atoms in total. The van der Waals surface area contributed by atoms with E-state index in [9.17, 15) is 18.3 Å². The molecule has 0 amide bonds. The molecule has 0 spiro atoms. The van der Waals surface area contributed by atoms with E-state index in [0.717, 1.165) is 13.0 Å². The smallest absolute Gasteiger partial charge is 0.301 e. The van der Waals surface area contributed by atoms with E-state index in [1.54, 1.807) is 26.1 Å². The van der Waals surface area contributed by atoms with Gasteiger partial charge in [-0.25, -0.2) is 19.3 Å². The molecular formula is C19H18BrF3N4O. The Morgan fingerprint density at radius 1 is 1.21 bits per heavy atom. The Balaban J connectivity index is 2.02. The van der Waals surface area contributed by atoms with Crippen LogP contribution in [0.1, 0.15) is 36.8 Å². The molecular weight excluding hydrogens is 437 g/mol. The van der Waals surface area contributed by atoms with Gasteiger partial charge in [-0.3, -0.25) is 0 Å². The highest BCUT2D eigenvalue weighted by molar-refractivity contribution is 9.10. The van der Waals surface area contributed by atoms with Gasteiger partial charge in [-0.05, 0) is 48.8 Å². The molecule has 2 atom stereocenters. The van der Waals surface area contributed by atoms with Gasteiger partial charge in [0.15, 0.2) is 0 Å². The van der Waals surface area contributed by atoms with Crippen LogP contribution >= 0.6 is 15.9 Å². The van der Waals surface area contributed by atoms with E-state index in [4.69, 9.17) is 0 Å². The lowest BCUT2D eigenvalue weighted by molar-refractivity contribution is -0.108. The van der Waals surface area contributed by atoms with Crippen molar-refractivity contribution in [2.45, 2.75) is 38.8 Å². The van der Waals surface area contributed by atoms with Crippen LogP contribution in [0.5, 0.6) is 0 Å². The second kappa shape index (κ2) is 7.63. The number of aliphatic hydroxyl groups is 1. The quantitative estimate of drug-likeness (QED) is 0.537. The van der Waals surface area contributed by atoms with E-state index >= 15 is 0 Å². The molecule has 0 saturated carbocycles.